The molecule has 2 fully saturated rings. The minimum Gasteiger partial charge on any atom is -0.444 e. The van der Waals surface area contributed by atoms with E-state index in [2.05, 4.69) is 27.7 Å². The lowest BCUT2D eigenvalue weighted by Crippen LogP contribution is -2.46. The molecule has 0 spiro atoms. The van der Waals surface area contributed by atoms with Gasteiger partial charge >= 0.3 is 6.09 Å². The van der Waals surface area contributed by atoms with Gasteiger partial charge in [-0.15, -0.1) is 0 Å². The maximum Gasteiger partial charge on any atom is 0.407 e. The van der Waals surface area contributed by atoms with Crippen molar-refractivity contribution in [3.05, 3.63) is 35.9 Å². The highest BCUT2D eigenvalue weighted by Gasteiger charge is 2.24. The van der Waals surface area contributed by atoms with Gasteiger partial charge in [0, 0.05) is 37.9 Å². The van der Waals surface area contributed by atoms with Gasteiger partial charge in [0.2, 0.25) is 0 Å². The summed E-state index contributed by atoms with van der Waals surface area (Å²) in [7, 11) is 0. The highest BCUT2D eigenvalue weighted by atomic mass is 16.6. The fourth-order valence-corrected chi connectivity index (χ4v) is 3.59. The van der Waals surface area contributed by atoms with Crippen LogP contribution in [0.25, 0.3) is 6.08 Å². The Labute approximate surface area is 178 Å². The van der Waals surface area contributed by atoms with Crippen molar-refractivity contribution < 1.29 is 19.1 Å². The normalized spacial score (nSPS) is 20.9. The Kier molecular flexibility index (Phi) is 7.50. The second kappa shape index (κ2) is 10.1. The van der Waals surface area contributed by atoms with Gasteiger partial charge < -0.3 is 25.0 Å². The molecule has 30 heavy (non-hydrogen) atoms. The lowest BCUT2D eigenvalue weighted by molar-refractivity contribution is -0.126. The number of amides is 1. The van der Waals surface area contributed by atoms with Crippen LogP contribution in [0.3, 0.4) is 0 Å². The number of alkyl carbamates (subject to hydrolysis) is 1. The molecule has 2 aliphatic heterocycles. The maximum absolute atomic E-state index is 12.2. The van der Waals surface area contributed by atoms with Gasteiger partial charge in [0.05, 0.1) is 6.61 Å². The number of ketones is 1. The van der Waals surface area contributed by atoms with E-state index in [-0.39, 0.29) is 24.0 Å². The van der Waals surface area contributed by atoms with Crippen LogP contribution in [0.5, 0.6) is 0 Å². The molecule has 0 bridgehead atoms. The molecule has 2 aliphatic rings. The largest absolute Gasteiger partial charge is 0.444 e. The molecule has 1 unspecified atom stereocenters. The summed E-state index contributed by atoms with van der Waals surface area (Å²) in [6.45, 7) is 9.29. The topological polar surface area (TPSA) is 79.9 Å². The van der Waals surface area contributed by atoms with Crippen molar-refractivity contribution in [1.82, 2.24) is 10.6 Å². The van der Waals surface area contributed by atoms with Gasteiger partial charge in [-0.05, 0) is 57.4 Å². The highest BCUT2D eigenvalue weighted by Crippen LogP contribution is 2.21. The molecule has 0 radical (unpaired) electrons. The Hall–Kier alpha value is -2.38. The Bertz CT molecular complexity index is 741. The van der Waals surface area contributed by atoms with Crippen LogP contribution in [0.4, 0.5) is 10.5 Å². The molecular weight excluding hydrogens is 382 g/mol. The van der Waals surface area contributed by atoms with E-state index < -0.39 is 5.60 Å². The van der Waals surface area contributed by atoms with Crippen LogP contribution in [-0.2, 0) is 14.3 Å². The number of anilines is 1. The molecule has 1 atom stereocenters. The summed E-state index contributed by atoms with van der Waals surface area (Å²) in [5.74, 6) is -0.00849. The lowest BCUT2D eigenvalue weighted by atomic mass is 10.0. The molecule has 0 saturated carbocycles. The summed E-state index contributed by atoms with van der Waals surface area (Å²) in [4.78, 5) is 26.4. The SMILES string of the molecule is CC(C)(C)OC(=O)NC1CCN(c2ccc(/C=C/C(=O)C3CNCCO3)cc2)CC1. The first-order valence-electron chi connectivity index (χ1n) is 10.7. The zero-order valence-electron chi connectivity index (χ0n) is 18.1. The van der Waals surface area contributed by atoms with Gasteiger partial charge in [-0.2, -0.15) is 0 Å². The summed E-state index contributed by atoms with van der Waals surface area (Å²) in [6.07, 6.45) is 4.46. The molecule has 0 aliphatic carbocycles. The first-order valence-corrected chi connectivity index (χ1v) is 10.7. The molecule has 7 nitrogen and oxygen atoms in total. The first-order chi connectivity index (χ1) is 14.3. The van der Waals surface area contributed by atoms with Crippen LogP contribution in [0, 0.1) is 0 Å². The number of carbonyl (C=O) groups is 2. The summed E-state index contributed by atoms with van der Waals surface area (Å²) in [5.41, 5.74) is 1.65. The van der Waals surface area contributed by atoms with Gasteiger partial charge in [-0.3, -0.25) is 4.79 Å². The van der Waals surface area contributed by atoms with Crippen molar-refractivity contribution in [2.75, 3.05) is 37.7 Å². The maximum atomic E-state index is 12.2. The number of nitrogens with one attached hydrogen (secondary N) is 2. The standard InChI is InChI=1S/C23H33N3O4/c1-23(2,3)30-22(28)25-18-10-13-26(14-11-18)19-7-4-17(5-8-19)6-9-20(27)21-16-24-12-15-29-21/h4-9,18,21,24H,10-16H2,1-3H3,(H,25,28)/b9-6+. The van der Waals surface area contributed by atoms with Crippen molar-refractivity contribution in [3.8, 4) is 0 Å². The second-order valence-electron chi connectivity index (χ2n) is 8.80. The van der Waals surface area contributed by atoms with Gasteiger partial charge in [-0.25, -0.2) is 4.79 Å². The van der Waals surface area contributed by atoms with Crippen molar-refractivity contribution in [2.24, 2.45) is 0 Å². The van der Waals surface area contributed by atoms with Crippen molar-refractivity contribution in [3.63, 3.8) is 0 Å². The first kappa shape index (κ1) is 22.3. The van der Waals surface area contributed by atoms with Gasteiger partial charge in [0.15, 0.2) is 5.78 Å². The number of piperidine rings is 1. The number of hydrogen-bond donors (Lipinski definition) is 2. The number of morpholine rings is 1. The van der Waals surface area contributed by atoms with E-state index in [9.17, 15) is 9.59 Å². The third-order valence-electron chi connectivity index (χ3n) is 5.16. The number of rotatable bonds is 5. The number of nitrogens with zero attached hydrogens (tertiary/aromatic N) is 1. The third-order valence-corrected chi connectivity index (χ3v) is 5.16. The van der Waals surface area contributed by atoms with E-state index in [1.54, 1.807) is 6.08 Å². The van der Waals surface area contributed by atoms with Crippen LogP contribution in [0.2, 0.25) is 0 Å². The minimum absolute atomic E-state index is 0.00849. The van der Waals surface area contributed by atoms with Crippen molar-refractivity contribution >= 4 is 23.6 Å². The Balaban J connectivity index is 1.46. The summed E-state index contributed by atoms with van der Waals surface area (Å²) in [5, 5.41) is 6.13. The van der Waals surface area contributed by atoms with Gasteiger partial charge in [-0.1, -0.05) is 18.2 Å². The zero-order chi connectivity index (χ0) is 21.6. The van der Waals surface area contributed by atoms with E-state index >= 15 is 0 Å². The van der Waals surface area contributed by atoms with Gasteiger partial charge in [0.25, 0.3) is 0 Å². The van der Waals surface area contributed by atoms with E-state index in [0.29, 0.717) is 13.2 Å². The van der Waals surface area contributed by atoms with Crippen LogP contribution < -0.4 is 15.5 Å². The molecule has 7 heteroatoms. The van der Waals surface area contributed by atoms with E-state index in [0.717, 1.165) is 43.7 Å². The molecule has 0 aromatic heterocycles. The van der Waals surface area contributed by atoms with Gasteiger partial charge in [0.1, 0.15) is 11.7 Å². The highest BCUT2D eigenvalue weighted by molar-refractivity contribution is 5.97. The predicted octanol–water partition coefficient (Wildman–Crippen LogP) is 2.75. The van der Waals surface area contributed by atoms with E-state index in [1.807, 2.05) is 39.0 Å². The van der Waals surface area contributed by atoms with Crippen LogP contribution in [0.15, 0.2) is 30.3 Å². The smallest absolute Gasteiger partial charge is 0.407 e. The van der Waals surface area contributed by atoms with E-state index in [4.69, 9.17) is 9.47 Å². The Morgan fingerprint density at radius 2 is 1.90 bits per heavy atom. The van der Waals surface area contributed by atoms with Crippen LogP contribution >= 0.6 is 0 Å². The quantitative estimate of drug-likeness (QED) is 0.720. The fraction of sp³-hybridized carbons (Fsp3) is 0.565. The van der Waals surface area contributed by atoms with Crippen molar-refractivity contribution in [2.45, 2.75) is 51.4 Å². The third kappa shape index (κ3) is 6.85. The van der Waals surface area contributed by atoms with Crippen LogP contribution in [0.1, 0.15) is 39.2 Å². The molecule has 3 rings (SSSR count). The monoisotopic (exact) mass is 415 g/mol. The average molecular weight is 416 g/mol. The Morgan fingerprint density at radius 1 is 1.20 bits per heavy atom. The average Bonchev–Trinajstić information content (AvgIpc) is 2.72. The zero-order valence-corrected chi connectivity index (χ0v) is 18.1. The molecule has 2 N–H and O–H groups in total. The summed E-state index contributed by atoms with van der Waals surface area (Å²) >= 11 is 0. The second-order valence-corrected chi connectivity index (χ2v) is 8.80. The number of ether oxygens (including phenoxy) is 2. The van der Waals surface area contributed by atoms with Crippen molar-refractivity contribution in [1.29, 1.82) is 0 Å². The molecule has 164 valence electrons. The fourth-order valence-electron chi connectivity index (χ4n) is 3.59. The molecular formula is C23H33N3O4. The summed E-state index contributed by atoms with van der Waals surface area (Å²) < 4.78 is 10.8. The molecule has 1 aromatic rings. The predicted molar refractivity (Wildman–Crippen MR) is 118 cm³/mol. The Morgan fingerprint density at radius 3 is 2.50 bits per heavy atom. The molecule has 2 heterocycles. The minimum atomic E-state index is -0.480. The number of benzene rings is 1. The van der Waals surface area contributed by atoms with E-state index in [1.165, 1.54) is 0 Å². The van der Waals surface area contributed by atoms with Crippen LogP contribution in [-0.4, -0.2) is 62.4 Å². The summed E-state index contributed by atoms with van der Waals surface area (Å²) in [6, 6.07) is 8.32. The molecule has 1 aromatic carbocycles. The molecule has 1 amide bonds. The lowest BCUT2D eigenvalue weighted by Gasteiger charge is -2.34. The molecule has 2 saturated heterocycles. The number of carbonyl (C=O) groups excluding carboxylic acids is 2. The number of hydrogen-bond acceptors (Lipinski definition) is 6.